The number of amides is 1. The average Bonchev–Trinajstić information content (AvgIpc) is 2.89. The van der Waals surface area contributed by atoms with E-state index < -0.39 is 0 Å². The number of unbranched alkanes of at least 4 members (excludes halogenated alkanes) is 1. The molecule has 0 aliphatic carbocycles. The zero-order valence-electron chi connectivity index (χ0n) is 15.6. The van der Waals surface area contributed by atoms with Gasteiger partial charge in [0, 0.05) is 13.0 Å². The van der Waals surface area contributed by atoms with Gasteiger partial charge in [0.25, 0.3) is 0 Å². The molecule has 0 aromatic rings. The summed E-state index contributed by atoms with van der Waals surface area (Å²) in [6.45, 7) is 10.6. The summed E-state index contributed by atoms with van der Waals surface area (Å²) in [7, 11) is 3.18. The molecule has 0 N–H and O–H groups in total. The summed E-state index contributed by atoms with van der Waals surface area (Å²) in [4.78, 5) is 17.0. The van der Waals surface area contributed by atoms with Crippen LogP contribution in [-0.4, -0.2) is 37.3 Å². The summed E-state index contributed by atoms with van der Waals surface area (Å²) in [5.74, 6) is 0.519. The Morgan fingerprint density at radius 3 is 2.74 bits per heavy atom. The molecule has 0 unspecified atom stereocenters. The molecule has 0 spiro atoms. The third-order valence-electron chi connectivity index (χ3n) is 4.86. The summed E-state index contributed by atoms with van der Waals surface area (Å²) in [5.41, 5.74) is 1.25. The van der Waals surface area contributed by atoms with Crippen LogP contribution in [0, 0.1) is 11.8 Å². The molecule has 23 heavy (non-hydrogen) atoms. The summed E-state index contributed by atoms with van der Waals surface area (Å²) >= 11 is 0. The number of hydroxylamine groups is 2. The van der Waals surface area contributed by atoms with E-state index in [1.165, 1.54) is 30.6 Å². The van der Waals surface area contributed by atoms with Gasteiger partial charge < -0.3 is 4.74 Å². The number of carbonyl (C=O) groups is 1. The first-order valence-electron chi connectivity index (χ1n) is 9.03. The molecule has 1 aliphatic rings. The van der Waals surface area contributed by atoms with Gasteiger partial charge in [0.1, 0.15) is 0 Å². The highest BCUT2D eigenvalue weighted by molar-refractivity contribution is 5.77. The van der Waals surface area contributed by atoms with E-state index in [1.807, 2.05) is 6.92 Å². The zero-order valence-corrected chi connectivity index (χ0v) is 15.6. The first kappa shape index (κ1) is 20.2. The van der Waals surface area contributed by atoms with Crippen molar-refractivity contribution >= 4 is 5.91 Å². The van der Waals surface area contributed by atoms with Gasteiger partial charge in [0.05, 0.1) is 19.3 Å². The normalized spacial score (nSPS) is 23.8. The highest BCUT2D eigenvalue weighted by Crippen LogP contribution is 2.31. The molecule has 0 saturated carbocycles. The van der Waals surface area contributed by atoms with Crippen LogP contribution in [0.5, 0.6) is 0 Å². The van der Waals surface area contributed by atoms with E-state index in [4.69, 9.17) is 9.57 Å². The Morgan fingerprint density at radius 1 is 1.43 bits per heavy atom. The fourth-order valence-corrected chi connectivity index (χ4v) is 3.33. The third kappa shape index (κ3) is 6.64. The number of nitrogens with zero attached hydrogens (tertiary/aromatic N) is 1. The van der Waals surface area contributed by atoms with E-state index in [0.29, 0.717) is 12.0 Å². The molecule has 0 bridgehead atoms. The summed E-state index contributed by atoms with van der Waals surface area (Å²) in [6.07, 6.45) is 8.17. The maximum Gasteiger partial charge on any atom is 0.248 e. The van der Waals surface area contributed by atoms with Crippen molar-refractivity contribution in [2.45, 2.75) is 77.9 Å². The lowest BCUT2D eigenvalue weighted by Gasteiger charge is -2.22. The molecule has 1 fully saturated rings. The van der Waals surface area contributed by atoms with Crippen LogP contribution >= 0.6 is 0 Å². The van der Waals surface area contributed by atoms with Crippen LogP contribution in [0.3, 0.4) is 0 Å². The van der Waals surface area contributed by atoms with Crippen molar-refractivity contribution in [3.8, 4) is 0 Å². The first-order valence-corrected chi connectivity index (χ1v) is 9.03. The summed E-state index contributed by atoms with van der Waals surface area (Å²) in [5, 5.41) is 1.32. The Labute approximate surface area is 142 Å². The van der Waals surface area contributed by atoms with E-state index in [9.17, 15) is 4.79 Å². The van der Waals surface area contributed by atoms with Gasteiger partial charge in [0.2, 0.25) is 5.91 Å². The molecule has 4 nitrogen and oxygen atoms in total. The molecule has 1 heterocycles. The number of hydrogen-bond donors (Lipinski definition) is 0. The van der Waals surface area contributed by atoms with E-state index in [0.717, 1.165) is 32.1 Å². The quantitative estimate of drug-likeness (QED) is 0.443. The van der Waals surface area contributed by atoms with Crippen molar-refractivity contribution in [2.75, 3.05) is 14.2 Å². The van der Waals surface area contributed by atoms with Crippen LogP contribution in [0.15, 0.2) is 12.2 Å². The summed E-state index contributed by atoms with van der Waals surface area (Å²) in [6, 6.07) is 0. The van der Waals surface area contributed by atoms with Crippen LogP contribution in [0.1, 0.15) is 65.7 Å². The second-order valence-corrected chi connectivity index (χ2v) is 7.09. The van der Waals surface area contributed by atoms with Crippen LogP contribution in [0.2, 0.25) is 0 Å². The largest absolute Gasteiger partial charge is 0.370 e. The van der Waals surface area contributed by atoms with Crippen molar-refractivity contribution in [3.05, 3.63) is 12.2 Å². The average molecular weight is 325 g/mol. The lowest BCUT2D eigenvalue weighted by Crippen LogP contribution is -2.31. The van der Waals surface area contributed by atoms with Crippen molar-refractivity contribution in [2.24, 2.45) is 11.8 Å². The molecule has 4 heteroatoms. The van der Waals surface area contributed by atoms with Crippen molar-refractivity contribution in [1.82, 2.24) is 5.06 Å². The third-order valence-corrected chi connectivity index (χ3v) is 4.86. The zero-order chi connectivity index (χ0) is 17.4. The minimum absolute atomic E-state index is 0.0139. The molecular weight excluding hydrogens is 290 g/mol. The van der Waals surface area contributed by atoms with Gasteiger partial charge in [-0.15, -0.1) is 0 Å². The van der Waals surface area contributed by atoms with Gasteiger partial charge in [0.15, 0.2) is 0 Å². The van der Waals surface area contributed by atoms with Crippen LogP contribution in [0.4, 0.5) is 0 Å². The Bertz CT molecular complexity index is 383. The second-order valence-electron chi connectivity index (χ2n) is 7.09. The fourth-order valence-electron chi connectivity index (χ4n) is 3.33. The number of hydrogen-bond acceptors (Lipinski definition) is 3. The molecular formula is C19H35NO3. The minimum Gasteiger partial charge on any atom is -0.370 e. The maximum absolute atomic E-state index is 12.0. The van der Waals surface area contributed by atoms with Crippen LogP contribution < -0.4 is 0 Å². The van der Waals surface area contributed by atoms with E-state index in [2.05, 4.69) is 20.4 Å². The molecule has 1 aliphatic heterocycles. The first-order chi connectivity index (χ1) is 10.9. The molecule has 0 radical (unpaired) electrons. The highest BCUT2D eigenvalue weighted by Gasteiger charge is 2.28. The Balaban J connectivity index is 2.31. The number of rotatable bonds is 10. The molecule has 0 aromatic heterocycles. The van der Waals surface area contributed by atoms with E-state index in [1.54, 1.807) is 7.05 Å². The molecule has 0 aromatic carbocycles. The Morgan fingerprint density at radius 2 is 2.13 bits per heavy atom. The van der Waals surface area contributed by atoms with Gasteiger partial charge >= 0.3 is 0 Å². The van der Waals surface area contributed by atoms with Crippen LogP contribution in [0.25, 0.3) is 0 Å². The minimum atomic E-state index is -0.0139. The monoisotopic (exact) mass is 325 g/mol. The Hall–Kier alpha value is -0.870. The molecule has 4 atom stereocenters. The second kappa shape index (κ2) is 10.1. The van der Waals surface area contributed by atoms with Gasteiger partial charge in [-0.2, -0.15) is 0 Å². The van der Waals surface area contributed by atoms with E-state index >= 15 is 0 Å². The molecule has 1 amide bonds. The standard InChI is InChI=1S/C19H35NO3/c1-7-8-9-17-13-15(3)18(23-17)11-10-14(2)12-16(4)19(21)20(5)22-6/h14,16-18H,3,7-13H2,1-2,4-6H3/t14-,16-,17+,18+/m1/s1. The maximum atomic E-state index is 12.0. The van der Waals surface area contributed by atoms with Crippen LogP contribution in [-0.2, 0) is 14.4 Å². The van der Waals surface area contributed by atoms with Gasteiger partial charge in [-0.25, -0.2) is 5.06 Å². The SMILES string of the molecule is C=C1C[C@H](CCCC)O[C@H]1CC[C@@H](C)C[C@@H](C)C(=O)N(C)OC. The number of carbonyl (C=O) groups excluding carboxylic acids is 1. The van der Waals surface area contributed by atoms with E-state index in [-0.39, 0.29) is 17.9 Å². The van der Waals surface area contributed by atoms with Crippen molar-refractivity contribution in [1.29, 1.82) is 0 Å². The molecule has 1 saturated heterocycles. The smallest absolute Gasteiger partial charge is 0.248 e. The highest BCUT2D eigenvalue weighted by atomic mass is 16.7. The summed E-state index contributed by atoms with van der Waals surface area (Å²) < 4.78 is 6.14. The Kier molecular flexibility index (Phi) is 8.85. The predicted octanol–water partition coefficient (Wildman–Crippen LogP) is 4.35. The predicted molar refractivity (Wildman–Crippen MR) is 93.9 cm³/mol. The topological polar surface area (TPSA) is 38.8 Å². The lowest BCUT2D eigenvalue weighted by molar-refractivity contribution is -0.173. The van der Waals surface area contributed by atoms with Gasteiger partial charge in [-0.1, -0.05) is 40.2 Å². The fraction of sp³-hybridized carbons (Fsp3) is 0.842. The van der Waals surface area contributed by atoms with Gasteiger partial charge in [-0.05, 0) is 43.6 Å². The lowest BCUT2D eigenvalue weighted by atomic mass is 9.91. The molecule has 134 valence electrons. The molecule has 1 rings (SSSR count). The number of ether oxygens (including phenoxy) is 1. The van der Waals surface area contributed by atoms with Crippen molar-refractivity contribution in [3.63, 3.8) is 0 Å². The van der Waals surface area contributed by atoms with Gasteiger partial charge in [-0.3, -0.25) is 9.63 Å². The van der Waals surface area contributed by atoms with Crippen molar-refractivity contribution < 1.29 is 14.4 Å².